The molecule has 2 rings (SSSR count). The van der Waals surface area contributed by atoms with Gasteiger partial charge in [0, 0.05) is 18.6 Å². The molecule has 0 unspecified atom stereocenters. The van der Waals surface area contributed by atoms with Gasteiger partial charge in [-0.3, -0.25) is 10.3 Å². The molecule has 4 nitrogen and oxygen atoms in total. The molecular formula is C15H19ClN4. The summed E-state index contributed by atoms with van der Waals surface area (Å²) in [6, 6.07) is 8.17. The third kappa shape index (κ3) is 4.14. The number of nitriles is 1. The molecule has 2 N–H and O–H groups in total. The maximum Gasteiger partial charge on any atom is 0.204 e. The van der Waals surface area contributed by atoms with Crippen LogP contribution in [0.3, 0.4) is 0 Å². The Bertz CT molecular complexity index is 521. The lowest BCUT2D eigenvalue weighted by atomic mass is 10.1. The number of halogens is 1. The van der Waals surface area contributed by atoms with Crippen LogP contribution in [0.5, 0.6) is 0 Å². The number of aliphatic imine (C=N–C) groups is 1. The maximum atomic E-state index is 8.51. The van der Waals surface area contributed by atoms with Gasteiger partial charge in [0.2, 0.25) is 5.96 Å². The molecule has 0 aliphatic heterocycles. The highest BCUT2D eigenvalue weighted by Crippen LogP contribution is 2.50. The van der Waals surface area contributed by atoms with E-state index in [2.05, 4.69) is 27.8 Å². The molecule has 20 heavy (non-hydrogen) atoms. The van der Waals surface area contributed by atoms with E-state index in [0.717, 1.165) is 23.9 Å². The van der Waals surface area contributed by atoms with E-state index in [-0.39, 0.29) is 0 Å². The smallest absolute Gasteiger partial charge is 0.204 e. The Balaban J connectivity index is 1.67. The molecule has 1 aromatic rings. The van der Waals surface area contributed by atoms with Crippen molar-refractivity contribution in [2.45, 2.75) is 25.2 Å². The number of hydrogen-bond donors (Lipinski definition) is 2. The lowest BCUT2D eigenvalue weighted by molar-refractivity contribution is 0.635. The highest BCUT2D eigenvalue weighted by molar-refractivity contribution is 6.30. The second-order valence-electron chi connectivity index (χ2n) is 5.04. The first-order valence-electron chi connectivity index (χ1n) is 6.86. The summed E-state index contributed by atoms with van der Waals surface area (Å²) in [6.07, 6.45) is 5.38. The fourth-order valence-electron chi connectivity index (χ4n) is 2.52. The summed E-state index contributed by atoms with van der Waals surface area (Å²) in [7, 11) is 1.66. The molecule has 0 bridgehead atoms. The molecule has 2 atom stereocenters. The van der Waals surface area contributed by atoms with E-state index < -0.39 is 0 Å². The molecule has 106 valence electrons. The Morgan fingerprint density at radius 3 is 3.10 bits per heavy atom. The summed E-state index contributed by atoms with van der Waals surface area (Å²) in [5.41, 5.74) is 1.36. The van der Waals surface area contributed by atoms with E-state index in [1.165, 1.54) is 18.4 Å². The van der Waals surface area contributed by atoms with Crippen molar-refractivity contribution in [3.8, 4) is 6.19 Å². The lowest BCUT2D eigenvalue weighted by Gasteiger charge is -2.06. The number of guanidine groups is 1. The average molecular weight is 291 g/mol. The average Bonchev–Trinajstić information content (AvgIpc) is 3.22. The highest BCUT2D eigenvalue weighted by Gasteiger charge is 2.37. The maximum absolute atomic E-state index is 8.51. The summed E-state index contributed by atoms with van der Waals surface area (Å²) in [6.45, 7) is 0.833. The van der Waals surface area contributed by atoms with Crippen LogP contribution in [0, 0.1) is 17.4 Å². The molecule has 1 aliphatic rings. The van der Waals surface area contributed by atoms with Gasteiger partial charge in [0.05, 0.1) is 0 Å². The Morgan fingerprint density at radius 1 is 1.55 bits per heavy atom. The summed E-state index contributed by atoms with van der Waals surface area (Å²) in [5.74, 6) is 1.97. The van der Waals surface area contributed by atoms with Crippen LogP contribution in [0.1, 0.15) is 30.7 Å². The molecule has 1 fully saturated rings. The number of hydrogen-bond acceptors (Lipinski definition) is 2. The van der Waals surface area contributed by atoms with Crippen molar-refractivity contribution in [3.05, 3.63) is 34.9 Å². The van der Waals surface area contributed by atoms with Gasteiger partial charge in [0.1, 0.15) is 0 Å². The van der Waals surface area contributed by atoms with E-state index in [9.17, 15) is 0 Å². The Kier molecular flexibility index (Phi) is 5.25. The second-order valence-corrected chi connectivity index (χ2v) is 5.47. The van der Waals surface area contributed by atoms with E-state index >= 15 is 0 Å². The van der Waals surface area contributed by atoms with E-state index in [1.54, 1.807) is 7.05 Å². The third-order valence-corrected chi connectivity index (χ3v) is 3.88. The number of nitrogens with zero attached hydrogens (tertiary/aromatic N) is 2. The van der Waals surface area contributed by atoms with Crippen LogP contribution in [-0.4, -0.2) is 19.6 Å². The molecule has 0 aromatic heterocycles. The first kappa shape index (κ1) is 14.7. The summed E-state index contributed by atoms with van der Waals surface area (Å²) in [4.78, 5) is 3.94. The number of benzene rings is 1. The van der Waals surface area contributed by atoms with Gasteiger partial charge in [0.25, 0.3) is 0 Å². The van der Waals surface area contributed by atoms with Gasteiger partial charge in [-0.1, -0.05) is 23.7 Å². The van der Waals surface area contributed by atoms with Gasteiger partial charge in [-0.2, -0.15) is 5.26 Å². The predicted molar refractivity (Wildman–Crippen MR) is 81.6 cm³/mol. The van der Waals surface area contributed by atoms with E-state index in [1.807, 2.05) is 18.3 Å². The largest absolute Gasteiger partial charge is 0.356 e. The summed E-state index contributed by atoms with van der Waals surface area (Å²) >= 11 is 6.02. The minimum atomic E-state index is 0.537. The van der Waals surface area contributed by atoms with Crippen LogP contribution < -0.4 is 10.6 Å². The zero-order valence-electron chi connectivity index (χ0n) is 11.6. The van der Waals surface area contributed by atoms with Gasteiger partial charge >= 0.3 is 0 Å². The van der Waals surface area contributed by atoms with Crippen molar-refractivity contribution in [2.24, 2.45) is 10.9 Å². The molecular weight excluding hydrogens is 272 g/mol. The standard InChI is InChI=1S/C15H19ClN4/c1-18-15(20-10-17)19-7-3-5-12-9-14(12)11-4-2-6-13(16)8-11/h2,4,6,8,12,14H,3,5,7,9H2,1H3,(H2,18,19,20)/t12-,14-/m1/s1. The fraction of sp³-hybridized carbons (Fsp3) is 0.467. The van der Waals surface area contributed by atoms with E-state index in [0.29, 0.717) is 11.9 Å². The third-order valence-electron chi connectivity index (χ3n) is 3.64. The predicted octanol–water partition coefficient (Wildman–Crippen LogP) is 2.87. The van der Waals surface area contributed by atoms with Crippen molar-refractivity contribution in [1.29, 1.82) is 5.26 Å². The minimum Gasteiger partial charge on any atom is -0.356 e. The topological polar surface area (TPSA) is 60.2 Å². The van der Waals surface area contributed by atoms with Crippen LogP contribution in [0.15, 0.2) is 29.3 Å². The molecule has 1 aliphatic carbocycles. The van der Waals surface area contributed by atoms with Crippen molar-refractivity contribution in [1.82, 2.24) is 10.6 Å². The molecule has 0 spiro atoms. The number of nitrogens with one attached hydrogen (secondary N) is 2. The van der Waals surface area contributed by atoms with Crippen molar-refractivity contribution in [3.63, 3.8) is 0 Å². The van der Waals surface area contributed by atoms with Crippen LogP contribution in [0.2, 0.25) is 5.02 Å². The zero-order valence-corrected chi connectivity index (χ0v) is 12.3. The fourth-order valence-corrected chi connectivity index (χ4v) is 2.71. The molecule has 1 saturated carbocycles. The van der Waals surface area contributed by atoms with E-state index in [4.69, 9.17) is 16.9 Å². The van der Waals surface area contributed by atoms with Gasteiger partial charge < -0.3 is 5.32 Å². The quantitative estimate of drug-likeness (QED) is 0.288. The van der Waals surface area contributed by atoms with Crippen LogP contribution in [-0.2, 0) is 0 Å². The van der Waals surface area contributed by atoms with Crippen molar-refractivity contribution >= 4 is 17.6 Å². The summed E-state index contributed by atoms with van der Waals surface area (Å²) < 4.78 is 0. The van der Waals surface area contributed by atoms with Gasteiger partial charge in [0.15, 0.2) is 6.19 Å². The molecule has 0 heterocycles. The monoisotopic (exact) mass is 290 g/mol. The van der Waals surface area contributed by atoms with Crippen LogP contribution >= 0.6 is 11.6 Å². The first-order valence-corrected chi connectivity index (χ1v) is 7.23. The molecule has 0 saturated heterocycles. The Labute approximate surface area is 124 Å². The van der Waals surface area contributed by atoms with Crippen molar-refractivity contribution in [2.75, 3.05) is 13.6 Å². The van der Waals surface area contributed by atoms with Crippen LogP contribution in [0.4, 0.5) is 0 Å². The van der Waals surface area contributed by atoms with Crippen LogP contribution in [0.25, 0.3) is 0 Å². The Hall–Kier alpha value is -1.73. The lowest BCUT2D eigenvalue weighted by Crippen LogP contribution is -2.34. The second kappa shape index (κ2) is 7.16. The molecule has 0 amide bonds. The minimum absolute atomic E-state index is 0.537. The summed E-state index contributed by atoms with van der Waals surface area (Å²) in [5, 5.41) is 15.0. The normalized spacial score (nSPS) is 21.1. The highest BCUT2D eigenvalue weighted by atomic mass is 35.5. The SMILES string of the molecule is CN=C(NC#N)NCCC[C@@H]1C[C@@H]1c1cccc(Cl)c1. The Morgan fingerprint density at radius 2 is 2.40 bits per heavy atom. The van der Waals surface area contributed by atoms with Crippen molar-refractivity contribution < 1.29 is 0 Å². The molecule has 1 aromatic carbocycles. The first-order chi connectivity index (χ1) is 9.74. The molecule has 5 heteroatoms. The van der Waals surface area contributed by atoms with Gasteiger partial charge in [-0.05, 0) is 48.8 Å². The van der Waals surface area contributed by atoms with Gasteiger partial charge in [-0.15, -0.1) is 0 Å². The zero-order chi connectivity index (χ0) is 14.4. The number of rotatable bonds is 5. The van der Waals surface area contributed by atoms with Gasteiger partial charge in [-0.25, -0.2) is 0 Å². The molecule has 0 radical (unpaired) electrons.